The zero-order valence-electron chi connectivity index (χ0n) is 15.2. The molecule has 2 heterocycles. The molecule has 2 amide bonds. The summed E-state index contributed by atoms with van der Waals surface area (Å²) in [5, 5.41) is 25.5. The zero-order valence-corrected chi connectivity index (χ0v) is 16.8. The molecular formula is C20H18N4O2S2. The summed E-state index contributed by atoms with van der Waals surface area (Å²) in [6.07, 6.45) is 5.87. The highest BCUT2D eigenvalue weighted by Crippen LogP contribution is 2.39. The average molecular weight is 411 g/mol. The molecule has 2 aliphatic carbocycles. The van der Waals surface area contributed by atoms with Crippen molar-refractivity contribution >= 4 is 44.5 Å². The van der Waals surface area contributed by atoms with Crippen LogP contribution in [0.15, 0.2) is 0 Å². The molecule has 28 heavy (non-hydrogen) atoms. The van der Waals surface area contributed by atoms with Gasteiger partial charge >= 0.3 is 0 Å². The maximum absolute atomic E-state index is 12.3. The quantitative estimate of drug-likeness (QED) is 0.780. The Morgan fingerprint density at radius 3 is 1.61 bits per heavy atom. The van der Waals surface area contributed by atoms with E-state index in [2.05, 4.69) is 22.8 Å². The minimum Gasteiger partial charge on any atom is -0.317 e. The third-order valence-electron chi connectivity index (χ3n) is 5.15. The molecule has 0 unspecified atom stereocenters. The first kappa shape index (κ1) is 18.7. The van der Waals surface area contributed by atoms with Gasteiger partial charge in [0.05, 0.1) is 11.1 Å². The number of hydrogen-bond acceptors (Lipinski definition) is 6. The minimum absolute atomic E-state index is 0.0340. The van der Waals surface area contributed by atoms with Gasteiger partial charge in [0.1, 0.15) is 22.1 Å². The van der Waals surface area contributed by atoms with Crippen LogP contribution < -0.4 is 10.6 Å². The number of rotatable bonds is 5. The monoisotopic (exact) mass is 410 g/mol. The normalized spacial score (nSPS) is 14.1. The summed E-state index contributed by atoms with van der Waals surface area (Å²) in [5.74, 6) is -0.554. The van der Waals surface area contributed by atoms with E-state index in [1.54, 1.807) is 0 Å². The predicted molar refractivity (Wildman–Crippen MR) is 109 cm³/mol. The van der Waals surface area contributed by atoms with Gasteiger partial charge in [-0.15, -0.1) is 22.7 Å². The molecule has 2 N–H and O–H groups in total. The average Bonchev–Trinajstić information content (AvgIpc) is 3.40. The summed E-state index contributed by atoms with van der Waals surface area (Å²) in [7, 11) is 0. The SMILES string of the molecule is N#Cc1c(NC(=O)CCC(=O)Nc2sc3c(c2C#N)CCC3)sc2c1CCC2. The second-order valence-electron chi connectivity index (χ2n) is 6.94. The zero-order chi connectivity index (χ0) is 19.7. The van der Waals surface area contributed by atoms with Crippen molar-refractivity contribution in [2.24, 2.45) is 0 Å². The molecule has 2 aliphatic rings. The summed E-state index contributed by atoms with van der Waals surface area (Å²) in [6.45, 7) is 0. The lowest BCUT2D eigenvalue weighted by Crippen LogP contribution is -2.17. The summed E-state index contributed by atoms with van der Waals surface area (Å²) in [4.78, 5) is 26.9. The maximum Gasteiger partial charge on any atom is 0.225 e. The fourth-order valence-corrected chi connectivity index (χ4v) is 6.34. The molecule has 2 aromatic rings. The van der Waals surface area contributed by atoms with Gasteiger partial charge in [-0.25, -0.2) is 0 Å². The number of carbonyl (C=O) groups is 2. The Morgan fingerprint density at radius 1 is 0.786 bits per heavy atom. The maximum atomic E-state index is 12.3. The second kappa shape index (κ2) is 7.75. The van der Waals surface area contributed by atoms with Crippen LogP contribution in [0.1, 0.15) is 57.7 Å². The van der Waals surface area contributed by atoms with Gasteiger partial charge in [0, 0.05) is 22.6 Å². The number of anilines is 2. The summed E-state index contributed by atoms with van der Waals surface area (Å²) in [6, 6.07) is 4.39. The molecule has 0 aromatic carbocycles. The van der Waals surface area contributed by atoms with E-state index in [1.165, 1.54) is 32.4 Å². The molecule has 0 atom stereocenters. The highest BCUT2D eigenvalue weighted by molar-refractivity contribution is 7.17. The second-order valence-corrected chi connectivity index (χ2v) is 9.15. The molecular weight excluding hydrogens is 392 g/mol. The Balaban J connectivity index is 1.34. The third kappa shape index (κ3) is 3.42. The summed E-state index contributed by atoms with van der Waals surface area (Å²) >= 11 is 2.93. The van der Waals surface area contributed by atoms with Gasteiger partial charge in [-0.05, 0) is 49.7 Å². The number of nitrogens with one attached hydrogen (secondary N) is 2. The Morgan fingerprint density at radius 2 is 1.21 bits per heavy atom. The fourth-order valence-electron chi connectivity index (χ4n) is 3.83. The third-order valence-corrected chi connectivity index (χ3v) is 7.57. The van der Waals surface area contributed by atoms with Crippen LogP contribution in [0.2, 0.25) is 0 Å². The van der Waals surface area contributed by atoms with Gasteiger partial charge in [0.2, 0.25) is 11.8 Å². The Labute approximate surface area is 170 Å². The molecule has 0 radical (unpaired) electrons. The molecule has 8 heteroatoms. The van der Waals surface area contributed by atoms with Crippen LogP contribution in [-0.2, 0) is 35.3 Å². The van der Waals surface area contributed by atoms with Crippen LogP contribution in [-0.4, -0.2) is 11.8 Å². The van der Waals surface area contributed by atoms with Crippen molar-refractivity contribution in [3.8, 4) is 12.1 Å². The van der Waals surface area contributed by atoms with Gasteiger partial charge in [-0.3, -0.25) is 9.59 Å². The first-order valence-electron chi connectivity index (χ1n) is 9.29. The number of fused-ring (bicyclic) bond motifs is 2. The Bertz CT molecular complexity index is 968. The summed E-state index contributed by atoms with van der Waals surface area (Å²) in [5.41, 5.74) is 3.27. The largest absolute Gasteiger partial charge is 0.317 e. The van der Waals surface area contributed by atoms with Crippen molar-refractivity contribution in [3.05, 3.63) is 32.0 Å². The minimum atomic E-state index is -0.277. The lowest BCUT2D eigenvalue weighted by atomic mass is 10.1. The number of aryl methyl sites for hydroxylation is 2. The van der Waals surface area contributed by atoms with Gasteiger partial charge in [-0.2, -0.15) is 10.5 Å². The number of hydrogen-bond donors (Lipinski definition) is 2. The summed E-state index contributed by atoms with van der Waals surface area (Å²) < 4.78 is 0. The highest BCUT2D eigenvalue weighted by atomic mass is 32.1. The molecule has 0 bridgehead atoms. The van der Waals surface area contributed by atoms with E-state index in [4.69, 9.17) is 0 Å². The molecule has 0 spiro atoms. The smallest absolute Gasteiger partial charge is 0.225 e. The molecule has 0 saturated heterocycles. The van der Waals surface area contributed by atoms with E-state index in [0.29, 0.717) is 21.1 Å². The fraction of sp³-hybridized carbons (Fsp3) is 0.400. The van der Waals surface area contributed by atoms with E-state index in [0.717, 1.165) is 49.7 Å². The van der Waals surface area contributed by atoms with E-state index in [1.807, 2.05) is 0 Å². The molecule has 6 nitrogen and oxygen atoms in total. The van der Waals surface area contributed by atoms with Gasteiger partial charge in [0.25, 0.3) is 0 Å². The standard InChI is InChI=1S/C20H18N4O2S2/c21-9-13-11-3-1-5-15(11)27-19(13)23-17(25)7-8-18(26)24-20-14(10-22)12-4-2-6-16(12)28-20/h1-8H2,(H,23,25)(H,24,26). The van der Waals surface area contributed by atoms with E-state index in [-0.39, 0.29) is 24.7 Å². The van der Waals surface area contributed by atoms with Crippen molar-refractivity contribution < 1.29 is 9.59 Å². The van der Waals surface area contributed by atoms with Gasteiger partial charge in [-0.1, -0.05) is 0 Å². The molecule has 4 rings (SSSR count). The van der Waals surface area contributed by atoms with Crippen LogP contribution in [0.5, 0.6) is 0 Å². The van der Waals surface area contributed by atoms with E-state index < -0.39 is 0 Å². The van der Waals surface area contributed by atoms with Crippen molar-refractivity contribution in [3.63, 3.8) is 0 Å². The van der Waals surface area contributed by atoms with Gasteiger partial charge < -0.3 is 10.6 Å². The topological polar surface area (TPSA) is 106 Å². The first-order chi connectivity index (χ1) is 13.6. The number of carbonyl (C=O) groups excluding carboxylic acids is 2. The Kier molecular flexibility index (Phi) is 5.17. The van der Waals surface area contributed by atoms with Crippen molar-refractivity contribution in [1.82, 2.24) is 0 Å². The van der Waals surface area contributed by atoms with Crippen LogP contribution in [0.4, 0.5) is 10.0 Å². The molecule has 0 aliphatic heterocycles. The van der Waals surface area contributed by atoms with E-state index >= 15 is 0 Å². The lowest BCUT2D eigenvalue weighted by Gasteiger charge is -2.05. The molecule has 142 valence electrons. The predicted octanol–water partition coefficient (Wildman–Crippen LogP) is 3.89. The number of amides is 2. The molecule has 2 aromatic heterocycles. The lowest BCUT2D eigenvalue weighted by molar-refractivity contribution is -0.121. The molecule has 0 fully saturated rings. The van der Waals surface area contributed by atoms with Crippen LogP contribution >= 0.6 is 22.7 Å². The number of nitrogens with zero attached hydrogens (tertiary/aromatic N) is 2. The van der Waals surface area contributed by atoms with Crippen LogP contribution in [0.25, 0.3) is 0 Å². The first-order valence-corrected chi connectivity index (χ1v) is 10.9. The van der Waals surface area contributed by atoms with Gasteiger partial charge in [0.15, 0.2) is 0 Å². The van der Waals surface area contributed by atoms with Crippen molar-refractivity contribution in [2.75, 3.05) is 10.6 Å². The highest BCUT2D eigenvalue weighted by Gasteiger charge is 2.24. The molecule has 0 saturated carbocycles. The number of nitriles is 2. The van der Waals surface area contributed by atoms with E-state index in [9.17, 15) is 20.1 Å². The van der Waals surface area contributed by atoms with Crippen LogP contribution in [0.3, 0.4) is 0 Å². The number of thiophene rings is 2. The van der Waals surface area contributed by atoms with Crippen molar-refractivity contribution in [1.29, 1.82) is 10.5 Å². The van der Waals surface area contributed by atoms with Crippen LogP contribution in [0, 0.1) is 22.7 Å². The van der Waals surface area contributed by atoms with Crippen molar-refractivity contribution in [2.45, 2.75) is 51.4 Å². The Hall–Kier alpha value is -2.68.